The molecule has 1 saturated heterocycles. The summed E-state index contributed by atoms with van der Waals surface area (Å²) in [6, 6.07) is 16.7. The van der Waals surface area contributed by atoms with Crippen molar-refractivity contribution in [3.05, 3.63) is 99.6 Å². The highest BCUT2D eigenvalue weighted by atomic mass is 35.5. The van der Waals surface area contributed by atoms with E-state index in [1.54, 1.807) is 54.9 Å². The number of carbonyl (C=O) groups is 3. The standard InChI is InChI=1S/C29H27ClN4O5/c1-39-29(38)33-13-11-22(25(17-33)32-28(37)19-7-10-21-23(30)16-31-24(21)15-19)26(35)14-18-5-8-20(9-6-18)34-12-3-2-4-27(34)36/h2-10,12,15-16,22,25,31H,11,13-14,17H2,1H3,(H,32,37)/t22-,25-/m0/s1. The van der Waals surface area contributed by atoms with Gasteiger partial charge in [-0.3, -0.25) is 19.0 Å². The van der Waals surface area contributed by atoms with E-state index in [9.17, 15) is 19.2 Å². The van der Waals surface area contributed by atoms with Gasteiger partial charge in [0.15, 0.2) is 0 Å². The van der Waals surface area contributed by atoms with E-state index < -0.39 is 18.1 Å². The number of aromatic nitrogens is 2. The zero-order valence-electron chi connectivity index (χ0n) is 21.2. The fourth-order valence-electron chi connectivity index (χ4n) is 5.01. The molecular weight excluding hydrogens is 520 g/mol. The zero-order chi connectivity index (χ0) is 27.5. The highest BCUT2D eigenvalue weighted by Crippen LogP contribution is 2.25. The minimum atomic E-state index is -0.594. The van der Waals surface area contributed by atoms with Crippen molar-refractivity contribution in [2.24, 2.45) is 5.92 Å². The Kier molecular flexibility index (Phi) is 7.51. The zero-order valence-corrected chi connectivity index (χ0v) is 22.0. The minimum Gasteiger partial charge on any atom is -0.453 e. The molecule has 1 fully saturated rings. The topological polar surface area (TPSA) is 114 Å². The second-order valence-electron chi connectivity index (χ2n) is 9.51. The lowest BCUT2D eigenvalue weighted by Gasteiger charge is -2.37. The summed E-state index contributed by atoms with van der Waals surface area (Å²) in [5.74, 6) is -0.884. The third-order valence-corrected chi connectivity index (χ3v) is 7.40. The molecule has 0 saturated carbocycles. The molecule has 3 heterocycles. The molecule has 0 bridgehead atoms. The number of ketones is 1. The van der Waals surface area contributed by atoms with Crippen molar-refractivity contribution in [2.45, 2.75) is 18.9 Å². The van der Waals surface area contributed by atoms with Gasteiger partial charge in [-0.25, -0.2) is 4.79 Å². The number of benzene rings is 2. The van der Waals surface area contributed by atoms with E-state index in [0.29, 0.717) is 29.2 Å². The van der Waals surface area contributed by atoms with Crippen LogP contribution in [0.2, 0.25) is 5.02 Å². The van der Waals surface area contributed by atoms with Gasteiger partial charge in [-0.15, -0.1) is 0 Å². The molecular formula is C29H27ClN4O5. The first-order valence-corrected chi connectivity index (χ1v) is 12.9. The van der Waals surface area contributed by atoms with Gasteiger partial charge < -0.3 is 19.9 Å². The maximum Gasteiger partial charge on any atom is 0.409 e. The number of rotatable bonds is 6. The summed E-state index contributed by atoms with van der Waals surface area (Å²) < 4.78 is 6.40. The lowest BCUT2D eigenvalue weighted by Crippen LogP contribution is -2.56. The van der Waals surface area contributed by atoms with Gasteiger partial charge in [-0.2, -0.15) is 0 Å². The van der Waals surface area contributed by atoms with Crippen molar-refractivity contribution in [3.8, 4) is 5.69 Å². The summed E-state index contributed by atoms with van der Waals surface area (Å²) in [7, 11) is 1.30. The minimum absolute atomic E-state index is 0.0407. The number of hydrogen-bond acceptors (Lipinski definition) is 5. The predicted molar refractivity (Wildman–Crippen MR) is 147 cm³/mol. The van der Waals surface area contributed by atoms with Crippen molar-refractivity contribution in [3.63, 3.8) is 0 Å². The maximum absolute atomic E-state index is 13.5. The molecule has 0 spiro atoms. The highest BCUT2D eigenvalue weighted by Gasteiger charge is 2.37. The molecule has 5 rings (SSSR count). The van der Waals surface area contributed by atoms with Crippen LogP contribution in [0.1, 0.15) is 22.3 Å². The van der Waals surface area contributed by atoms with Gasteiger partial charge in [-0.1, -0.05) is 35.9 Å². The Morgan fingerprint density at radius 3 is 2.64 bits per heavy atom. The van der Waals surface area contributed by atoms with Crippen molar-refractivity contribution in [1.29, 1.82) is 0 Å². The summed E-state index contributed by atoms with van der Waals surface area (Å²) >= 11 is 6.15. The number of aromatic amines is 1. The molecule has 4 aromatic rings. The Bertz CT molecular complexity index is 1590. The summed E-state index contributed by atoms with van der Waals surface area (Å²) in [5, 5.41) is 4.34. The number of hydrogen-bond donors (Lipinski definition) is 2. The second kappa shape index (κ2) is 11.2. The smallest absolute Gasteiger partial charge is 0.409 e. The summed E-state index contributed by atoms with van der Waals surface area (Å²) in [6.45, 7) is 0.500. The number of pyridine rings is 1. The number of methoxy groups -OCH3 is 1. The first-order chi connectivity index (χ1) is 18.8. The van der Waals surface area contributed by atoms with E-state index in [1.165, 1.54) is 22.6 Å². The van der Waals surface area contributed by atoms with Crippen LogP contribution in [0, 0.1) is 5.92 Å². The van der Waals surface area contributed by atoms with E-state index >= 15 is 0 Å². The molecule has 2 amide bonds. The quantitative estimate of drug-likeness (QED) is 0.380. The fourth-order valence-corrected chi connectivity index (χ4v) is 5.23. The Labute approximate surface area is 229 Å². The molecule has 10 heteroatoms. The van der Waals surface area contributed by atoms with Crippen LogP contribution in [-0.4, -0.2) is 58.5 Å². The van der Waals surface area contributed by atoms with Crippen molar-refractivity contribution in [2.75, 3.05) is 20.2 Å². The van der Waals surface area contributed by atoms with Crippen LogP contribution >= 0.6 is 11.6 Å². The van der Waals surface area contributed by atoms with E-state index in [1.807, 2.05) is 12.1 Å². The van der Waals surface area contributed by atoms with Crippen molar-refractivity contribution < 1.29 is 19.1 Å². The molecule has 9 nitrogen and oxygen atoms in total. The van der Waals surface area contributed by atoms with Crippen LogP contribution in [0.15, 0.2) is 77.9 Å². The third kappa shape index (κ3) is 5.58. The lowest BCUT2D eigenvalue weighted by molar-refractivity contribution is -0.124. The number of piperidine rings is 1. The van der Waals surface area contributed by atoms with Crippen molar-refractivity contribution in [1.82, 2.24) is 19.8 Å². The van der Waals surface area contributed by atoms with Gasteiger partial charge in [0.05, 0.1) is 18.2 Å². The average Bonchev–Trinajstić information content (AvgIpc) is 3.33. The first kappa shape index (κ1) is 26.2. The van der Waals surface area contributed by atoms with Gasteiger partial charge >= 0.3 is 6.09 Å². The third-order valence-electron chi connectivity index (χ3n) is 7.08. The molecule has 2 atom stereocenters. The van der Waals surface area contributed by atoms with Crippen LogP contribution in [0.5, 0.6) is 0 Å². The lowest BCUT2D eigenvalue weighted by atomic mass is 9.85. The van der Waals surface area contributed by atoms with Gasteiger partial charge in [0.1, 0.15) is 5.78 Å². The number of ether oxygens (including phenoxy) is 1. The summed E-state index contributed by atoms with van der Waals surface area (Å²) in [6.07, 6.45) is 3.39. The number of fused-ring (bicyclic) bond motifs is 1. The van der Waals surface area contributed by atoms with Crippen LogP contribution < -0.4 is 10.9 Å². The second-order valence-corrected chi connectivity index (χ2v) is 9.91. The number of likely N-dealkylation sites (tertiary alicyclic amines) is 1. The largest absolute Gasteiger partial charge is 0.453 e. The van der Waals surface area contributed by atoms with E-state index in [2.05, 4.69) is 10.3 Å². The van der Waals surface area contributed by atoms with E-state index in [4.69, 9.17) is 16.3 Å². The number of H-pyrrole nitrogens is 1. The highest BCUT2D eigenvalue weighted by molar-refractivity contribution is 6.35. The monoisotopic (exact) mass is 546 g/mol. The van der Waals surface area contributed by atoms with Gasteiger partial charge in [0.25, 0.3) is 11.5 Å². The molecule has 39 heavy (non-hydrogen) atoms. The Hall–Kier alpha value is -4.37. The maximum atomic E-state index is 13.5. The Morgan fingerprint density at radius 2 is 1.90 bits per heavy atom. The molecule has 0 unspecified atom stereocenters. The fraction of sp³-hybridized carbons (Fsp3) is 0.241. The average molecular weight is 547 g/mol. The molecule has 2 N–H and O–H groups in total. The molecule has 2 aromatic heterocycles. The molecule has 2 aromatic carbocycles. The number of halogens is 1. The molecule has 0 aliphatic carbocycles. The van der Waals surface area contributed by atoms with Crippen molar-refractivity contribution >= 4 is 40.3 Å². The molecule has 1 aliphatic heterocycles. The van der Waals surface area contributed by atoms with Gasteiger partial charge in [0, 0.05) is 66.0 Å². The SMILES string of the molecule is COC(=O)N1CC[C@H](C(=O)Cc2ccc(-n3ccccc3=O)cc2)[C@@H](NC(=O)c2ccc3c(Cl)c[nH]c3c2)C1. The van der Waals surface area contributed by atoms with Gasteiger partial charge in [-0.05, 0) is 42.3 Å². The molecule has 1 aliphatic rings. The molecule has 0 radical (unpaired) electrons. The first-order valence-electron chi connectivity index (χ1n) is 12.5. The van der Waals surface area contributed by atoms with Crippen LogP contribution in [0.3, 0.4) is 0 Å². The number of carbonyl (C=O) groups excluding carboxylic acids is 3. The number of amides is 2. The van der Waals surface area contributed by atoms with Crippen LogP contribution in [0.25, 0.3) is 16.6 Å². The predicted octanol–water partition coefficient (Wildman–Crippen LogP) is 3.97. The normalized spacial score (nSPS) is 17.1. The van der Waals surface area contributed by atoms with E-state index in [-0.39, 0.29) is 30.2 Å². The Morgan fingerprint density at radius 1 is 1.10 bits per heavy atom. The number of Topliss-reactive ketones (excluding diaryl/α,β-unsaturated/α-hetero) is 1. The van der Waals surface area contributed by atoms with Crippen LogP contribution in [0.4, 0.5) is 4.79 Å². The Balaban J connectivity index is 1.33. The number of nitrogens with one attached hydrogen (secondary N) is 2. The number of nitrogens with zero attached hydrogens (tertiary/aromatic N) is 2. The van der Waals surface area contributed by atoms with Gasteiger partial charge in [0.2, 0.25) is 0 Å². The van der Waals surface area contributed by atoms with E-state index in [0.717, 1.165) is 16.5 Å². The molecule has 200 valence electrons. The van der Waals surface area contributed by atoms with Crippen LogP contribution in [-0.2, 0) is 16.0 Å². The summed E-state index contributed by atoms with van der Waals surface area (Å²) in [4.78, 5) is 55.5. The summed E-state index contributed by atoms with van der Waals surface area (Å²) in [5.41, 5.74) is 2.49.